The fraction of sp³-hybridized carbons (Fsp3) is 0.833. The van der Waals surface area contributed by atoms with Crippen molar-refractivity contribution in [1.82, 2.24) is 9.80 Å². The van der Waals surface area contributed by atoms with Gasteiger partial charge < -0.3 is 33.7 Å². The first-order chi connectivity index (χ1) is 22.3. The quantitative estimate of drug-likeness (QED) is 0.251. The third-order valence-electron chi connectivity index (χ3n) is 11.6. The molecule has 1 N–H and O–H groups in total. The molecular formula is C36H56N2O10. The molecule has 0 amide bonds. The van der Waals surface area contributed by atoms with Gasteiger partial charge in [0.1, 0.15) is 36.6 Å². The molecule has 0 aromatic carbocycles. The molecule has 0 aliphatic carbocycles. The summed E-state index contributed by atoms with van der Waals surface area (Å²) < 4.78 is 31.2. The molecule has 0 spiro atoms. The van der Waals surface area contributed by atoms with Crippen LogP contribution < -0.4 is 0 Å². The van der Waals surface area contributed by atoms with Crippen molar-refractivity contribution in [2.24, 2.45) is 29.1 Å². The lowest BCUT2D eigenvalue weighted by Crippen LogP contribution is -2.60. The van der Waals surface area contributed by atoms with Crippen molar-refractivity contribution in [3.8, 4) is 12.3 Å². The van der Waals surface area contributed by atoms with Crippen LogP contribution in [0.25, 0.3) is 0 Å². The van der Waals surface area contributed by atoms with E-state index in [-0.39, 0.29) is 31.0 Å². The second-order valence-electron chi connectivity index (χ2n) is 15.5. The van der Waals surface area contributed by atoms with Crippen molar-refractivity contribution in [1.29, 1.82) is 0 Å². The number of terminal acetylenes is 1. The number of likely N-dealkylation sites (tertiary alicyclic amines) is 1. The number of ether oxygens (including phenoxy) is 5. The standard InChI is InChI=1S/C36H56N2O10/c1-13-15-44-35(8)17-19(3)29(41)34(7)18-38(12)25-28(34)36(9,48-32(25)43)24(14-2)46-31(42)22(6)26(39)21(5)30(35)47-33-27(40)23(37(10)11)16-20(4)45-33/h1,19-25,27-28,30,33,40H,14-18H2,2-12H3/t19-,20-,21+,22-,23+,24+,25?,27-,28?,30-,33+,34?,35+,36-/m1/s1. The minimum absolute atomic E-state index is 0.0868. The fourth-order valence-corrected chi connectivity index (χ4v) is 9.24. The van der Waals surface area contributed by atoms with Crippen molar-refractivity contribution >= 4 is 23.5 Å². The summed E-state index contributed by atoms with van der Waals surface area (Å²) >= 11 is 0. The zero-order chi connectivity index (χ0) is 36.1. The van der Waals surface area contributed by atoms with Gasteiger partial charge >= 0.3 is 11.9 Å². The van der Waals surface area contributed by atoms with Gasteiger partial charge in [-0.05, 0) is 68.1 Å². The van der Waals surface area contributed by atoms with Gasteiger partial charge in [0.05, 0.1) is 17.8 Å². The maximum absolute atomic E-state index is 14.8. The van der Waals surface area contributed by atoms with Gasteiger partial charge in [-0.25, -0.2) is 0 Å². The van der Waals surface area contributed by atoms with E-state index in [4.69, 9.17) is 30.1 Å². The largest absolute Gasteiger partial charge is 0.458 e. The van der Waals surface area contributed by atoms with E-state index >= 15 is 0 Å². The van der Waals surface area contributed by atoms with E-state index in [1.807, 2.05) is 44.7 Å². The molecule has 270 valence electrons. The van der Waals surface area contributed by atoms with Gasteiger partial charge in [0.25, 0.3) is 0 Å². The number of rotatable bonds is 6. The average Bonchev–Trinajstić information content (AvgIpc) is 3.47. The molecule has 0 radical (unpaired) electrons. The van der Waals surface area contributed by atoms with E-state index in [1.165, 1.54) is 6.92 Å². The van der Waals surface area contributed by atoms with Gasteiger partial charge in [0.15, 0.2) is 17.7 Å². The molecule has 4 aliphatic heterocycles. The predicted molar refractivity (Wildman–Crippen MR) is 175 cm³/mol. The highest BCUT2D eigenvalue weighted by atomic mass is 16.7. The predicted octanol–water partition coefficient (Wildman–Crippen LogP) is 2.23. The number of hydrogen-bond donors (Lipinski definition) is 1. The van der Waals surface area contributed by atoms with E-state index in [1.54, 1.807) is 34.7 Å². The molecule has 12 nitrogen and oxygen atoms in total. The van der Waals surface area contributed by atoms with Gasteiger partial charge in [-0.15, -0.1) is 6.42 Å². The minimum atomic E-state index is -1.36. The van der Waals surface area contributed by atoms with E-state index in [0.717, 1.165) is 0 Å². The molecule has 0 saturated carbocycles. The summed E-state index contributed by atoms with van der Waals surface area (Å²) in [6.07, 6.45) is 2.12. The number of carbonyl (C=O) groups excluding carboxylic acids is 4. The zero-order valence-electron chi connectivity index (χ0n) is 30.5. The lowest BCUT2D eigenvalue weighted by molar-refractivity contribution is -0.296. The molecule has 0 aromatic rings. The molecule has 4 fully saturated rings. The van der Waals surface area contributed by atoms with Gasteiger partial charge in [-0.1, -0.05) is 33.6 Å². The second-order valence-corrected chi connectivity index (χ2v) is 15.5. The maximum Gasteiger partial charge on any atom is 0.324 e. The maximum atomic E-state index is 14.8. The summed E-state index contributed by atoms with van der Waals surface area (Å²) in [4.78, 5) is 59.9. The molecule has 0 aromatic heterocycles. The summed E-state index contributed by atoms with van der Waals surface area (Å²) in [5.74, 6) is -2.86. The monoisotopic (exact) mass is 676 g/mol. The second kappa shape index (κ2) is 14.1. The lowest BCUT2D eigenvalue weighted by atomic mass is 9.62. The summed E-state index contributed by atoms with van der Waals surface area (Å²) in [7, 11) is 5.51. The van der Waals surface area contributed by atoms with E-state index in [2.05, 4.69) is 5.92 Å². The van der Waals surface area contributed by atoms with Gasteiger partial charge in [-0.3, -0.25) is 24.1 Å². The number of carbonyl (C=O) groups is 4. The van der Waals surface area contributed by atoms with Crippen LogP contribution in [-0.4, -0.2) is 127 Å². The van der Waals surface area contributed by atoms with Crippen molar-refractivity contribution in [2.45, 2.75) is 129 Å². The van der Waals surface area contributed by atoms with E-state index < -0.39 is 88.7 Å². The number of aliphatic hydroxyl groups excluding tert-OH is 1. The number of likely N-dealkylation sites (N-methyl/N-ethyl adjacent to an activating group) is 2. The van der Waals surface area contributed by atoms with Crippen LogP contribution in [0.4, 0.5) is 0 Å². The van der Waals surface area contributed by atoms with Gasteiger partial charge in [0, 0.05) is 35.8 Å². The van der Waals surface area contributed by atoms with Crippen LogP contribution >= 0.6 is 0 Å². The van der Waals surface area contributed by atoms with E-state index in [0.29, 0.717) is 19.4 Å². The third-order valence-corrected chi connectivity index (χ3v) is 11.6. The smallest absolute Gasteiger partial charge is 0.324 e. The van der Waals surface area contributed by atoms with Crippen molar-refractivity contribution < 1.29 is 48.0 Å². The first kappa shape index (κ1) is 38.4. The lowest BCUT2D eigenvalue weighted by Gasteiger charge is -2.48. The molecule has 4 heterocycles. The molecule has 4 aliphatic rings. The summed E-state index contributed by atoms with van der Waals surface area (Å²) in [6, 6.07) is -1.01. The highest BCUT2D eigenvalue weighted by Crippen LogP contribution is 2.55. The highest BCUT2D eigenvalue weighted by Gasteiger charge is 2.70. The summed E-state index contributed by atoms with van der Waals surface area (Å²) in [5, 5.41) is 11.4. The Kier molecular flexibility index (Phi) is 11.3. The Morgan fingerprint density at radius 2 is 1.73 bits per heavy atom. The van der Waals surface area contributed by atoms with Crippen LogP contribution in [0.15, 0.2) is 0 Å². The molecule has 4 saturated heterocycles. The highest BCUT2D eigenvalue weighted by molar-refractivity contribution is 6.00. The Bertz CT molecular complexity index is 1300. The van der Waals surface area contributed by atoms with Gasteiger partial charge in [0.2, 0.25) is 0 Å². The normalized spacial score (nSPS) is 46.1. The first-order valence-corrected chi connectivity index (χ1v) is 17.2. The Hall–Kier alpha value is -2.40. The van der Waals surface area contributed by atoms with Crippen LogP contribution in [-0.2, 0) is 42.9 Å². The molecule has 14 atom stereocenters. The van der Waals surface area contributed by atoms with Crippen LogP contribution in [0.3, 0.4) is 0 Å². The summed E-state index contributed by atoms with van der Waals surface area (Å²) in [5.41, 5.74) is -3.75. The van der Waals surface area contributed by atoms with E-state index in [9.17, 15) is 24.3 Å². The van der Waals surface area contributed by atoms with Crippen LogP contribution in [0.5, 0.6) is 0 Å². The number of hydrogen-bond acceptors (Lipinski definition) is 12. The number of cyclic esters (lactones) is 1. The number of ketones is 2. The Labute approximate surface area is 285 Å². The van der Waals surface area contributed by atoms with Crippen LogP contribution in [0.2, 0.25) is 0 Å². The number of aliphatic hydroxyl groups is 1. The first-order valence-electron chi connectivity index (χ1n) is 17.2. The Morgan fingerprint density at radius 3 is 2.31 bits per heavy atom. The Balaban J connectivity index is 1.86. The topological polar surface area (TPSA) is 141 Å². The average molecular weight is 677 g/mol. The summed E-state index contributed by atoms with van der Waals surface area (Å²) in [6.45, 7) is 14.1. The SMILES string of the molecule is C#CCO[C@@]1(C)C[C@@H](C)C(=O)C2(C)CN(C)C3C(=O)O[C@@](C)(C32)[C@H](CC)OC(=O)[C@H](C)C(=O)[C@H](C)[C@H]1O[C@@H]1O[C@H](C)C[C@H](N(C)C)[C@H]1O. The fourth-order valence-electron chi connectivity index (χ4n) is 9.24. The third kappa shape index (κ3) is 6.59. The molecule has 12 heteroatoms. The zero-order valence-corrected chi connectivity index (χ0v) is 30.5. The van der Waals surface area contributed by atoms with Crippen molar-refractivity contribution in [3.05, 3.63) is 0 Å². The van der Waals surface area contributed by atoms with Crippen molar-refractivity contribution in [3.63, 3.8) is 0 Å². The molecule has 48 heavy (non-hydrogen) atoms. The number of Topliss-reactive ketones (excluding diaryl/α,β-unsaturated/α-hetero) is 2. The molecule has 4 rings (SSSR count). The van der Waals surface area contributed by atoms with Gasteiger partial charge in [-0.2, -0.15) is 0 Å². The molecule has 3 unspecified atom stereocenters. The number of esters is 2. The molecule has 0 bridgehead atoms. The Morgan fingerprint density at radius 1 is 1.08 bits per heavy atom. The van der Waals surface area contributed by atoms with Crippen LogP contribution in [0, 0.1) is 41.4 Å². The minimum Gasteiger partial charge on any atom is -0.458 e. The number of nitrogens with zero attached hydrogens (tertiary/aromatic N) is 2. The van der Waals surface area contributed by atoms with Crippen LogP contribution in [0.1, 0.15) is 74.7 Å². The van der Waals surface area contributed by atoms with Crippen molar-refractivity contribution in [2.75, 3.05) is 34.3 Å². The molecular weight excluding hydrogens is 620 g/mol.